The van der Waals surface area contributed by atoms with Crippen LogP contribution in [0.1, 0.15) is 28.4 Å². The Kier molecular flexibility index (Phi) is 2.85. The van der Waals surface area contributed by atoms with Gasteiger partial charge in [0, 0.05) is 18.2 Å². The summed E-state index contributed by atoms with van der Waals surface area (Å²) in [5.41, 5.74) is 0.859. The van der Waals surface area contributed by atoms with E-state index in [1.807, 2.05) is 54.6 Å². The normalized spacial score (nSPS) is 30.0. The fraction of sp³-hybridized carbons (Fsp3) is 0.238. The molecule has 0 saturated carbocycles. The van der Waals surface area contributed by atoms with Crippen LogP contribution in [0.2, 0.25) is 0 Å². The van der Waals surface area contributed by atoms with Crippen molar-refractivity contribution in [2.24, 2.45) is 5.41 Å². The van der Waals surface area contributed by atoms with E-state index in [-0.39, 0.29) is 0 Å². The van der Waals surface area contributed by atoms with E-state index < -0.39 is 29.1 Å². The lowest BCUT2D eigenvalue weighted by Gasteiger charge is -2.42. The number of hydrogen-bond donors (Lipinski definition) is 0. The fourth-order valence-electron chi connectivity index (χ4n) is 4.92. The molecule has 2 aliphatic carbocycles. The zero-order valence-corrected chi connectivity index (χ0v) is 14.3. The predicted molar refractivity (Wildman–Crippen MR) is 92.7 cm³/mol. The molecule has 3 aliphatic rings. The van der Waals surface area contributed by atoms with Gasteiger partial charge in [0.15, 0.2) is 11.5 Å². The van der Waals surface area contributed by atoms with Crippen LogP contribution in [0, 0.1) is 5.41 Å². The largest absolute Gasteiger partial charge is 0.468 e. The lowest BCUT2D eigenvalue weighted by molar-refractivity contribution is -0.173. The summed E-state index contributed by atoms with van der Waals surface area (Å²) in [5, 5.41) is 0. The van der Waals surface area contributed by atoms with E-state index in [4.69, 9.17) is 14.2 Å². The monoisotopic (exact) mass is 348 g/mol. The highest BCUT2D eigenvalue weighted by atomic mass is 16.6. The second-order valence-corrected chi connectivity index (χ2v) is 6.70. The molecule has 0 radical (unpaired) electrons. The minimum absolute atomic E-state index is 0.535. The summed E-state index contributed by atoms with van der Waals surface area (Å²) in [4.78, 5) is 26.4. The molecule has 3 atom stereocenters. The van der Waals surface area contributed by atoms with Crippen molar-refractivity contribution in [3.63, 3.8) is 0 Å². The molecule has 0 aromatic heterocycles. The van der Waals surface area contributed by atoms with Crippen molar-refractivity contribution in [3.8, 4) is 0 Å². The van der Waals surface area contributed by atoms with Crippen molar-refractivity contribution < 1.29 is 23.8 Å². The van der Waals surface area contributed by atoms with Gasteiger partial charge in [-0.05, 0) is 22.8 Å². The van der Waals surface area contributed by atoms with Gasteiger partial charge in [0.25, 0.3) is 0 Å². The van der Waals surface area contributed by atoms with Crippen LogP contribution in [0.5, 0.6) is 0 Å². The number of methoxy groups -OCH3 is 2. The van der Waals surface area contributed by atoms with Gasteiger partial charge in [-0.2, -0.15) is 0 Å². The van der Waals surface area contributed by atoms with Gasteiger partial charge in [-0.15, -0.1) is 0 Å². The number of carbonyl (C=O) groups excluding carboxylic acids is 2. The molecule has 1 aliphatic heterocycles. The van der Waals surface area contributed by atoms with E-state index in [0.717, 1.165) is 16.7 Å². The van der Waals surface area contributed by atoms with Gasteiger partial charge in [-0.25, -0.2) is 4.79 Å². The van der Waals surface area contributed by atoms with Gasteiger partial charge in [-0.1, -0.05) is 48.5 Å². The fourth-order valence-corrected chi connectivity index (χ4v) is 4.92. The highest BCUT2D eigenvalue weighted by Gasteiger charge is 2.80. The first kappa shape index (κ1) is 15.3. The molecular weight excluding hydrogens is 332 g/mol. The van der Waals surface area contributed by atoms with Crippen molar-refractivity contribution in [2.45, 2.75) is 11.7 Å². The van der Waals surface area contributed by atoms with Crippen LogP contribution in [-0.2, 0) is 29.4 Å². The number of benzene rings is 2. The summed E-state index contributed by atoms with van der Waals surface area (Å²) < 4.78 is 16.9. The van der Waals surface area contributed by atoms with Crippen LogP contribution in [0.3, 0.4) is 0 Å². The molecule has 0 unspecified atom stereocenters. The molecule has 1 heterocycles. The summed E-state index contributed by atoms with van der Waals surface area (Å²) in [6.07, 6.45) is 1.17. The summed E-state index contributed by atoms with van der Waals surface area (Å²) in [7, 11) is 2.77. The Morgan fingerprint density at radius 3 is 2.58 bits per heavy atom. The van der Waals surface area contributed by atoms with Gasteiger partial charge in [-0.3, -0.25) is 4.79 Å². The Hall–Kier alpha value is -2.92. The van der Waals surface area contributed by atoms with Gasteiger partial charge >= 0.3 is 11.9 Å². The Morgan fingerprint density at radius 1 is 1.08 bits per heavy atom. The Morgan fingerprint density at radius 2 is 1.81 bits per heavy atom. The lowest BCUT2D eigenvalue weighted by Crippen LogP contribution is -2.55. The molecule has 1 saturated heterocycles. The third kappa shape index (κ3) is 1.36. The molecule has 26 heavy (non-hydrogen) atoms. The Bertz CT molecular complexity index is 1010. The van der Waals surface area contributed by atoms with Crippen molar-refractivity contribution in [2.75, 3.05) is 14.2 Å². The zero-order valence-electron chi connectivity index (χ0n) is 14.3. The number of carbonyl (C=O) groups is 2. The average Bonchev–Trinajstić information content (AvgIpc) is 3.12. The maximum absolute atomic E-state index is 13.2. The van der Waals surface area contributed by atoms with Crippen LogP contribution >= 0.6 is 0 Å². The predicted octanol–water partition coefficient (Wildman–Crippen LogP) is 2.85. The molecular formula is C21H16O5. The molecule has 0 bridgehead atoms. The molecule has 2 aromatic rings. The Labute approximate surface area is 150 Å². The minimum atomic E-state index is -1.58. The standard InChI is InChI=1S/C21H16O5/c1-24-18(22)20-16-11-12-7-3-6-10-15(12)21(20,25-2)19(23)26-17(20)14-9-5-4-8-13(14)16/h3-11,17H,1-2H3/t17-,20+,21+/m0/s1. The van der Waals surface area contributed by atoms with Crippen LogP contribution < -0.4 is 0 Å². The molecule has 0 spiro atoms. The topological polar surface area (TPSA) is 61.8 Å². The zero-order chi connectivity index (χ0) is 18.1. The summed E-state index contributed by atoms with van der Waals surface area (Å²) in [6.45, 7) is 0. The Balaban J connectivity index is 1.99. The quantitative estimate of drug-likeness (QED) is 0.781. The highest BCUT2D eigenvalue weighted by Crippen LogP contribution is 2.71. The van der Waals surface area contributed by atoms with E-state index in [1.54, 1.807) is 0 Å². The van der Waals surface area contributed by atoms with E-state index in [1.165, 1.54) is 14.2 Å². The number of ether oxygens (including phenoxy) is 3. The van der Waals surface area contributed by atoms with Gasteiger partial charge in [0.1, 0.15) is 0 Å². The molecule has 0 N–H and O–H groups in total. The van der Waals surface area contributed by atoms with Crippen molar-refractivity contribution >= 4 is 23.6 Å². The first-order valence-electron chi connectivity index (χ1n) is 8.38. The van der Waals surface area contributed by atoms with E-state index in [0.29, 0.717) is 11.1 Å². The number of esters is 2. The van der Waals surface area contributed by atoms with Crippen LogP contribution in [0.4, 0.5) is 0 Å². The lowest BCUT2D eigenvalue weighted by atomic mass is 9.60. The second kappa shape index (κ2) is 4.83. The van der Waals surface area contributed by atoms with Crippen molar-refractivity contribution in [3.05, 3.63) is 70.8 Å². The summed E-state index contributed by atoms with van der Waals surface area (Å²) >= 11 is 0. The molecule has 1 fully saturated rings. The third-order valence-electron chi connectivity index (χ3n) is 5.87. The van der Waals surface area contributed by atoms with E-state index in [2.05, 4.69) is 0 Å². The molecule has 130 valence electrons. The number of rotatable bonds is 2. The number of fused-ring (bicyclic) bond motifs is 5. The van der Waals surface area contributed by atoms with Crippen LogP contribution in [0.25, 0.3) is 11.6 Å². The molecule has 5 rings (SSSR count). The average molecular weight is 348 g/mol. The maximum Gasteiger partial charge on any atom is 0.345 e. The minimum Gasteiger partial charge on any atom is -0.468 e. The van der Waals surface area contributed by atoms with E-state index in [9.17, 15) is 9.59 Å². The SMILES string of the molecule is COC(=O)[C@]12C3=Cc4ccccc4[C@@]1(OC)C(=O)O[C@H]2c1ccccc13. The third-order valence-corrected chi connectivity index (χ3v) is 5.87. The molecule has 5 heteroatoms. The van der Waals surface area contributed by atoms with Crippen LogP contribution in [-0.4, -0.2) is 26.2 Å². The first-order chi connectivity index (χ1) is 12.6. The second-order valence-electron chi connectivity index (χ2n) is 6.70. The number of hydrogen-bond acceptors (Lipinski definition) is 5. The van der Waals surface area contributed by atoms with Gasteiger partial charge in [0.2, 0.25) is 5.60 Å². The van der Waals surface area contributed by atoms with E-state index >= 15 is 0 Å². The van der Waals surface area contributed by atoms with Crippen LogP contribution in [0.15, 0.2) is 48.5 Å². The van der Waals surface area contributed by atoms with Gasteiger partial charge < -0.3 is 14.2 Å². The smallest absolute Gasteiger partial charge is 0.345 e. The molecule has 0 amide bonds. The summed E-state index contributed by atoms with van der Waals surface area (Å²) in [5.74, 6) is -1.10. The van der Waals surface area contributed by atoms with Gasteiger partial charge in [0.05, 0.1) is 7.11 Å². The van der Waals surface area contributed by atoms with Crippen molar-refractivity contribution in [1.29, 1.82) is 0 Å². The highest BCUT2D eigenvalue weighted by molar-refractivity contribution is 6.13. The van der Waals surface area contributed by atoms with Crippen molar-refractivity contribution in [1.82, 2.24) is 0 Å². The molecule has 2 aromatic carbocycles. The molecule has 5 nitrogen and oxygen atoms in total. The summed E-state index contributed by atoms with van der Waals surface area (Å²) in [6, 6.07) is 15.0. The maximum atomic E-state index is 13.2. The first-order valence-corrected chi connectivity index (χ1v) is 8.38.